The molecule has 90 valence electrons. The number of aliphatic carboxylic acids is 1. The summed E-state index contributed by atoms with van der Waals surface area (Å²) in [5.74, 6) is -1.03. The lowest BCUT2D eigenvalue weighted by Gasteiger charge is -2.33. The number of hydrogen-bond donors (Lipinski definition) is 2. The molecule has 1 atom stereocenters. The van der Waals surface area contributed by atoms with Crippen molar-refractivity contribution in [2.24, 2.45) is 11.1 Å². The summed E-state index contributed by atoms with van der Waals surface area (Å²) in [6.45, 7) is 10.3. The second-order valence-electron chi connectivity index (χ2n) is 5.75. The van der Waals surface area contributed by atoms with Crippen LogP contribution in [0.3, 0.4) is 0 Å². The molecule has 1 unspecified atom stereocenters. The Balaban J connectivity index is 4.10. The van der Waals surface area contributed by atoms with Gasteiger partial charge in [-0.2, -0.15) is 0 Å². The van der Waals surface area contributed by atoms with Gasteiger partial charge in [0, 0.05) is 0 Å². The topological polar surface area (TPSA) is 72.5 Å². The Bertz CT molecular complexity index is 218. The highest BCUT2D eigenvalue weighted by Crippen LogP contribution is 2.29. The van der Waals surface area contributed by atoms with E-state index in [0.717, 1.165) is 6.42 Å². The first-order valence-corrected chi connectivity index (χ1v) is 5.16. The molecule has 0 spiro atoms. The van der Waals surface area contributed by atoms with Crippen LogP contribution in [0.25, 0.3) is 0 Å². The van der Waals surface area contributed by atoms with Gasteiger partial charge in [-0.3, -0.25) is 4.79 Å². The molecule has 15 heavy (non-hydrogen) atoms. The Labute approximate surface area is 91.8 Å². The molecule has 0 fully saturated rings. The lowest BCUT2D eigenvalue weighted by atomic mass is 9.83. The maximum atomic E-state index is 10.5. The molecular weight excluding hydrogens is 194 g/mol. The van der Waals surface area contributed by atoms with Crippen LogP contribution in [0.15, 0.2) is 0 Å². The number of carbonyl (C=O) groups is 1. The van der Waals surface area contributed by atoms with Crippen molar-refractivity contribution in [1.29, 1.82) is 0 Å². The standard InChI is InChI=1S/C11H23NO3/c1-10(2,3)7-11(4,5)15-6-8(12)9(13)14/h8H,6-7,12H2,1-5H3,(H,13,14). The molecule has 0 aromatic rings. The molecule has 0 aromatic heterocycles. The van der Waals surface area contributed by atoms with Gasteiger partial charge >= 0.3 is 5.97 Å². The molecule has 4 heteroatoms. The molecule has 0 saturated carbocycles. The fraction of sp³-hybridized carbons (Fsp3) is 0.909. The maximum Gasteiger partial charge on any atom is 0.322 e. The van der Waals surface area contributed by atoms with E-state index in [4.69, 9.17) is 15.6 Å². The van der Waals surface area contributed by atoms with Crippen molar-refractivity contribution in [3.05, 3.63) is 0 Å². The van der Waals surface area contributed by atoms with E-state index >= 15 is 0 Å². The quantitative estimate of drug-likeness (QED) is 0.734. The van der Waals surface area contributed by atoms with Crippen molar-refractivity contribution < 1.29 is 14.6 Å². The van der Waals surface area contributed by atoms with Crippen molar-refractivity contribution in [3.8, 4) is 0 Å². The third-order valence-corrected chi connectivity index (χ3v) is 1.93. The minimum atomic E-state index is -1.03. The average Bonchev–Trinajstić information content (AvgIpc) is 1.95. The van der Waals surface area contributed by atoms with Crippen LogP contribution in [0.2, 0.25) is 0 Å². The molecule has 0 rings (SSSR count). The van der Waals surface area contributed by atoms with Crippen molar-refractivity contribution in [1.82, 2.24) is 0 Å². The van der Waals surface area contributed by atoms with Gasteiger partial charge in [0.2, 0.25) is 0 Å². The van der Waals surface area contributed by atoms with Gasteiger partial charge in [0.1, 0.15) is 6.04 Å². The Hall–Kier alpha value is -0.610. The zero-order valence-electron chi connectivity index (χ0n) is 10.3. The summed E-state index contributed by atoms with van der Waals surface area (Å²) in [6, 6.07) is -0.941. The summed E-state index contributed by atoms with van der Waals surface area (Å²) < 4.78 is 5.52. The predicted octanol–water partition coefficient (Wildman–Crippen LogP) is 1.63. The highest BCUT2D eigenvalue weighted by Gasteiger charge is 2.27. The van der Waals surface area contributed by atoms with Crippen LogP contribution >= 0.6 is 0 Å². The molecule has 0 aliphatic rings. The molecule has 0 radical (unpaired) electrons. The smallest absolute Gasteiger partial charge is 0.322 e. The predicted molar refractivity (Wildman–Crippen MR) is 59.7 cm³/mol. The monoisotopic (exact) mass is 217 g/mol. The van der Waals surface area contributed by atoms with E-state index in [1.807, 2.05) is 13.8 Å². The molecule has 0 aliphatic carbocycles. The number of hydrogen-bond acceptors (Lipinski definition) is 3. The fourth-order valence-electron chi connectivity index (χ4n) is 1.71. The zero-order valence-corrected chi connectivity index (χ0v) is 10.3. The third kappa shape index (κ3) is 7.33. The van der Waals surface area contributed by atoms with Crippen molar-refractivity contribution in [2.45, 2.75) is 52.7 Å². The van der Waals surface area contributed by atoms with E-state index in [1.54, 1.807) is 0 Å². The molecular formula is C11H23NO3. The second-order valence-corrected chi connectivity index (χ2v) is 5.75. The summed E-state index contributed by atoms with van der Waals surface area (Å²) in [6.07, 6.45) is 0.854. The summed E-state index contributed by atoms with van der Waals surface area (Å²) >= 11 is 0. The molecule has 0 bridgehead atoms. The van der Waals surface area contributed by atoms with Gasteiger partial charge in [-0.05, 0) is 25.7 Å². The molecule has 4 nitrogen and oxygen atoms in total. The lowest BCUT2D eigenvalue weighted by Crippen LogP contribution is -2.40. The average molecular weight is 217 g/mol. The zero-order chi connectivity index (χ0) is 12.3. The van der Waals surface area contributed by atoms with Gasteiger partial charge < -0.3 is 15.6 Å². The van der Waals surface area contributed by atoms with Gasteiger partial charge in [-0.1, -0.05) is 20.8 Å². The number of carboxylic acids is 1. The Kier molecular flexibility index (Phi) is 4.74. The van der Waals surface area contributed by atoms with Crippen LogP contribution in [-0.2, 0) is 9.53 Å². The maximum absolute atomic E-state index is 10.5. The van der Waals surface area contributed by atoms with Crippen LogP contribution in [-0.4, -0.2) is 29.3 Å². The fourth-order valence-corrected chi connectivity index (χ4v) is 1.71. The Morgan fingerprint density at radius 2 is 1.80 bits per heavy atom. The molecule has 0 amide bonds. The first kappa shape index (κ1) is 14.4. The first-order valence-electron chi connectivity index (χ1n) is 5.16. The minimum Gasteiger partial charge on any atom is -0.480 e. The van der Waals surface area contributed by atoms with Crippen molar-refractivity contribution in [2.75, 3.05) is 6.61 Å². The summed E-state index contributed by atoms with van der Waals surface area (Å²) in [5, 5.41) is 8.61. The normalized spacial score (nSPS) is 15.1. The van der Waals surface area contributed by atoms with Crippen molar-refractivity contribution in [3.63, 3.8) is 0 Å². The van der Waals surface area contributed by atoms with Gasteiger partial charge in [-0.25, -0.2) is 0 Å². The van der Waals surface area contributed by atoms with E-state index in [0.29, 0.717) is 0 Å². The van der Waals surface area contributed by atoms with Crippen molar-refractivity contribution >= 4 is 5.97 Å². The highest BCUT2D eigenvalue weighted by atomic mass is 16.5. The Morgan fingerprint density at radius 1 is 1.33 bits per heavy atom. The Morgan fingerprint density at radius 3 is 2.13 bits per heavy atom. The van der Waals surface area contributed by atoms with Crippen LogP contribution in [0, 0.1) is 5.41 Å². The van der Waals surface area contributed by atoms with Gasteiger partial charge in [0.15, 0.2) is 0 Å². The van der Waals surface area contributed by atoms with Crippen LogP contribution in [0.4, 0.5) is 0 Å². The van der Waals surface area contributed by atoms with Crippen LogP contribution in [0.1, 0.15) is 41.0 Å². The molecule has 0 aliphatic heterocycles. The first-order chi connectivity index (χ1) is 6.53. The van der Waals surface area contributed by atoms with Gasteiger partial charge in [-0.15, -0.1) is 0 Å². The van der Waals surface area contributed by atoms with E-state index in [1.165, 1.54) is 0 Å². The minimum absolute atomic E-state index is 0.0540. The van der Waals surface area contributed by atoms with E-state index in [-0.39, 0.29) is 17.6 Å². The van der Waals surface area contributed by atoms with E-state index in [9.17, 15) is 4.79 Å². The summed E-state index contributed by atoms with van der Waals surface area (Å²) in [4.78, 5) is 10.5. The lowest BCUT2D eigenvalue weighted by molar-refractivity contribution is -0.142. The van der Waals surface area contributed by atoms with E-state index < -0.39 is 12.0 Å². The number of ether oxygens (including phenoxy) is 1. The molecule has 0 aromatic carbocycles. The molecule has 3 N–H and O–H groups in total. The molecule has 0 heterocycles. The number of nitrogens with two attached hydrogens (primary N) is 1. The second kappa shape index (κ2) is 4.94. The largest absolute Gasteiger partial charge is 0.480 e. The highest BCUT2D eigenvalue weighted by molar-refractivity contribution is 5.73. The van der Waals surface area contributed by atoms with E-state index in [2.05, 4.69) is 20.8 Å². The SMILES string of the molecule is CC(C)(C)CC(C)(C)OCC(N)C(=O)O. The summed E-state index contributed by atoms with van der Waals surface area (Å²) in [7, 11) is 0. The van der Waals surface area contributed by atoms with Gasteiger partial charge in [0.05, 0.1) is 12.2 Å². The summed E-state index contributed by atoms with van der Waals surface area (Å²) in [5.41, 5.74) is 5.17. The van der Waals surface area contributed by atoms with Crippen LogP contribution in [0.5, 0.6) is 0 Å². The third-order valence-electron chi connectivity index (χ3n) is 1.93. The number of rotatable bonds is 5. The van der Waals surface area contributed by atoms with Gasteiger partial charge in [0.25, 0.3) is 0 Å². The number of carboxylic acid groups (broad SMARTS) is 1. The molecule has 0 saturated heterocycles. The van der Waals surface area contributed by atoms with Crippen LogP contribution < -0.4 is 5.73 Å².